The topological polar surface area (TPSA) is 108 Å². The van der Waals surface area contributed by atoms with E-state index in [2.05, 4.69) is 21.2 Å². The van der Waals surface area contributed by atoms with Gasteiger partial charge in [0.05, 0.1) is 4.92 Å². The van der Waals surface area contributed by atoms with Gasteiger partial charge in [0, 0.05) is 22.2 Å². The average molecular weight is 497 g/mol. The van der Waals surface area contributed by atoms with Crippen LogP contribution in [0.4, 0.5) is 5.69 Å². The molecule has 0 aliphatic rings. The van der Waals surface area contributed by atoms with Crippen LogP contribution < -0.4 is 10.1 Å². The van der Waals surface area contributed by atoms with Gasteiger partial charge >= 0.3 is 5.97 Å². The molecule has 1 amide bonds. The Bertz CT molecular complexity index is 895. The van der Waals surface area contributed by atoms with Gasteiger partial charge in [-0.3, -0.25) is 14.9 Å². The minimum absolute atomic E-state index is 0.0216. The number of nitrogens with one attached hydrogen (secondary N) is 1. The van der Waals surface area contributed by atoms with Gasteiger partial charge in [0.25, 0.3) is 11.6 Å². The monoisotopic (exact) mass is 496 g/mol. The first-order chi connectivity index (χ1) is 14.4. The van der Waals surface area contributed by atoms with Crippen LogP contribution in [0.25, 0.3) is 0 Å². The number of esters is 1. The molecule has 0 saturated heterocycles. The molecule has 0 radical (unpaired) electrons. The van der Waals surface area contributed by atoms with E-state index in [-0.39, 0.29) is 24.5 Å². The van der Waals surface area contributed by atoms with Crippen LogP contribution in [-0.2, 0) is 9.53 Å². The highest BCUT2D eigenvalue weighted by molar-refractivity contribution is 9.10. The minimum atomic E-state index is -0.866. The first-order valence-corrected chi connectivity index (χ1v) is 11.2. The van der Waals surface area contributed by atoms with Crippen LogP contribution in [0.3, 0.4) is 0 Å². The first kappa shape index (κ1) is 23.7. The van der Waals surface area contributed by atoms with Gasteiger partial charge in [-0.05, 0) is 42.7 Å². The zero-order chi connectivity index (χ0) is 21.9. The van der Waals surface area contributed by atoms with Gasteiger partial charge in [-0.1, -0.05) is 28.1 Å². The number of non-ortho nitro benzene ring substituents is 1. The van der Waals surface area contributed by atoms with E-state index in [4.69, 9.17) is 9.47 Å². The van der Waals surface area contributed by atoms with Crippen molar-refractivity contribution in [3.63, 3.8) is 0 Å². The van der Waals surface area contributed by atoms with E-state index >= 15 is 0 Å². The summed E-state index contributed by atoms with van der Waals surface area (Å²) in [5.41, 5.74) is -0.0975. The second-order valence-electron chi connectivity index (χ2n) is 6.09. The summed E-state index contributed by atoms with van der Waals surface area (Å²) in [7, 11) is 0. The molecule has 0 bridgehead atoms. The Morgan fingerprint density at radius 3 is 2.67 bits per heavy atom. The number of ether oxygens (including phenoxy) is 2. The van der Waals surface area contributed by atoms with Crippen molar-refractivity contribution in [3.8, 4) is 5.75 Å². The molecule has 8 nitrogen and oxygen atoms in total. The van der Waals surface area contributed by atoms with E-state index < -0.39 is 22.8 Å². The maximum atomic E-state index is 12.5. The van der Waals surface area contributed by atoms with E-state index in [0.29, 0.717) is 17.9 Å². The number of hydrogen-bond donors (Lipinski definition) is 1. The third-order valence-corrected chi connectivity index (χ3v) is 5.05. The number of carbonyl (C=O) groups excluding carboxylic acids is 2. The number of nitrogens with zero attached hydrogens (tertiary/aromatic N) is 1. The van der Waals surface area contributed by atoms with Gasteiger partial charge in [0.15, 0.2) is 0 Å². The number of nitro groups is 1. The summed E-state index contributed by atoms with van der Waals surface area (Å²) >= 11 is 4.87. The molecule has 10 heteroatoms. The zero-order valence-corrected chi connectivity index (χ0v) is 18.6. The summed E-state index contributed by atoms with van der Waals surface area (Å²) in [4.78, 5) is 35.2. The lowest BCUT2D eigenvalue weighted by Gasteiger charge is -2.17. The molecule has 1 unspecified atom stereocenters. The highest BCUT2D eigenvalue weighted by Gasteiger charge is 2.23. The highest BCUT2D eigenvalue weighted by atomic mass is 79.9. The SMILES string of the molecule is CSCCC(NC(=O)c1cccc([N+](=O)[O-])c1)C(=O)OCCOc1cccc(Br)c1. The molecule has 0 saturated carbocycles. The van der Waals surface area contributed by atoms with Crippen molar-refractivity contribution < 1.29 is 24.0 Å². The van der Waals surface area contributed by atoms with Crippen molar-refractivity contribution >= 4 is 45.3 Å². The molecule has 30 heavy (non-hydrogen) atoms. The van der Waals surface area contributed by atoms with Gasteiger partial charge < -0.3 is 14.8 Å². The molecule has 0 aliphatic carbocycles. The van der Waals surface area contributed by atoms with Crippen LogP contribution in [-0.4, -0.2) is 48.1 Å². The van der Waals surface area contributed by atoms with Crippen LogP contribution >= 0.6 is 27.7 Å². The Morgan fingerprint density at radius 1 is 1.20 bits per heavy atom. The van der Waals surface area contributed by atoms with Crippen molar-refractivity contribution in [2.75, 3.05) is 25.2 Å². The Morgan fingerprint density at radius 2 is 1.97 bits per heavy atom. The van der Waals surface area contributed by atoms with E-state index in [1.54, 1.807) is 12.1 Å². The maximum absolute atomic E-state index is 12.5. The van der Waals surface area contributed by atoms with Gasteiger partial charge in [0.1, 0.15) is 25.0 Å². The Hall–Kier alpha value is -2.59. The molecule has 160 valence electrons. The minimum Gasteiger partial charge on any atom is -0.490 e. The van der Waals surface area contributed by atoms with E-state index in [1.165, 1.54) is 30.0 Å². The predicted molar refractivity (Wildman–Crippen MR) is 118 cm³/mol. The number of rotatable bonds is 11. The molecule has 1 N–H and O–H groups in total. The molecule has 2 aromatic rings. The fourth-order valence-corrected chi connectivity index (χ4v) is 3.30. The number of halogens is 1. The van der Waals surface area contributed by atoms with Gasteiger partial charge in [0.2, 0.25) is 0 Å². The average Bonchev–Trinajstić information content (AvgIpc) is 2.74. The summed E-state index contributed by atoms with van der Waals surface area (Å²) in [5, 5.41) is 13.5. The number of nitro benzene ring substituents is 1. The Balaban J connectivity index is 1.91. The molecule has 0 spiro atoms. The number of thioether (sulfide) groups is 1. The van der Waals surface area contributed by atoms with Crippen LogP contribution in [0, 0.1) is 10.1 Å². The summed E-state index contributed by atoms with van der Waals surface area (Å²) in [5.74, 6) is 0.106. The van der Waals surface area contributed by atoms with Crippen molar-refractivity contribution in [1.82, 2.24) is 5.32 Å². The standard InChI is InChI=1S/C20H21BrN2O6S/c1-30-11-8-18(22-19(24)14-4-2-6-16(12-14)23(26)27)20(25)29-10-9-28-17-7-3-5-15(21)13-17/h2-7,12-13,18H,8-11H2,1H3,(H,22,24). The molecule has 0 fully saturated rings. The third kappa shape index (κ3) is 7.68. The van der Waals surface area contributed by atoms with Crippen molar-refractivity contribution in [3.05, 3.63) is 68.7 Å². The molecular formula is C20H21BrN2O6S. The van der Waals surface area contributed by atoms with Gasteiger partial charge in [-0.15, -0.1) is 0 Å². The fourth-order valence-electron chi connectivity index (χ4n) is 2.45. The van der Waals surface area contributed by atoms with E-state index in [0.717, 1.165) is 10.5 Å². The molecule has 2 aromatic carbocycles. The summed E-state index contributed by atoms with van der Waals surface area (Å²) in [6.45, 7) is 0.185. The molecule has 0 heterocycles. The van der Waals surface area contributed by atoms with Crippen LogP contribution in [0.2, 0.25) is 0 Å². The van der Waals surface area contributed by atoms with E-state index in [9.17, 15) is 19.7 Å². The first-order valence-electron chi connectivity index (χ1n) is 9.00. The predicted octanol–water partition coefficient (Wildman–Crippen LogP) is 3.83. The molecular weight excluding hydrogens is 476 g/mol. The lowest BCUT2D eigenvalue weighted by atomic mass is 10.1. The fraction of sp³-hybridized carbons (Fsp3) is 0.300. The molecule has 0 aromatic heterocycles. The van der Waals surface area contributed by atoms with Crippen molar-refractivity contribution in [1.29, 1.82) is 0 Å². The number of hydrogen-bond acceptors (Lipinski definition) is 7. The summed E-state index contributed by atoms with van der Waals surface area (Å²) in [6, 6.07) is 11.7. The maximum Gasteiger partial charge on any atom is 0.328 e. The smallest absolute Gasteiger partial charge is 0.328 e. The second-order valence-corrected chi connectivity index (χ2v) is 7.99. The van der Waals surface area contributed by atoms with Crippen LogP contribution in [0.1, 0.15) is 16.8 Å². The quantitative estimate of drug-likeness (QED) is 0.218. The normalized spacial score (nSPS) is 11.4. The lowest BCUT2D eigenvalue weighted by Crippen LogP contribution is -2.42. The lowest BCUT2D eigenvalue weighted by molar-refractivity contribution is -0.384. The number of benzene rings is 2. The van der Waals surface area contributed by atoms with Crippen LogP contribution in [0.5, 0.6) is 5.75 Å². The van der Waals surface area contributed by atoms with E-state index in [1.807, 2.05) is 18.4 Å². The Kier molecular flexibility index (Phi) is 9.62. The molecule has 1 atom stereocenters. The van der Waals surface area contributed by atoms with Gasteiger partial charge in [-0.25, -0.2) is 4.79 Å². The second kappa shape index (κ2) is 12.2. The zero-order valence-electron chi connectivity index (χ0n) is 16.2. The van der Waals surface area contributed by atoms with Crippen molar-refractivity contribution in [2.45, 2.75) is 12.5 Å². The number of carbonyl (C=O) groups is 2. The molecule has 2 rings (SSSR count). The Labute approximate surface area is 186 Å². The summed E-state index contributed by atoms with van der Waals surface area (Å²) < 4.78 is 11.6. The van der Waals surface area contributed by atoms with Gasteiger partial charge in [-0.2, -0.15) is 11.8 Å². The number of amides is 1. The molecule has 0 aliphatic heterocycles. The largest absolute Gasteiger partial charge is 0.490 e. The highest BCUT2D eigenvalue weighted by Crippen LogP contribution is 2.17. The van der Waals surface area contributed by atoms with Crippen molar-refractivity contribution in [2.24, 2.45) is 0 Å². The van der Waals surface area contributed by atoms with Crippen LogP contribution in [0.15, 0.2) is 53.0 Å². The summed E-state index contributed by atoms with van der Waals surface area (Å²) in [6.07, 6.45) is 2.25. The third-order valence-electron chi connectivity index (χ3n) is 3.91.